The largest absolute Gasteiger partial charge is 0.494 e. The Morgan fingerprint density at radius 1 is 0.828 bits per heavy atom. The summed E-state index contributed by atoms with van der Waals surface area (Å²) in [4.78, 5) is 9.10. The van der Waals surface area contributed by atoms with Crippen molar-refractivity contribution in [1.29, 1.82) is 0 Å². The predicted octanol–water partition coefficient (Wildman–Crippen LogP) is 7.50. The van der Waals surface area contributed by atoms with Crippen LogP contribution in [0.3, 0.4) is 0 Å². The molecular weight excluding hydrogens is 356 g/mol. The standard InChI is InChI=1S/C26H40N2O/c1-5-6-7-8-12-23-19-27-26(28-20-23)24-13-15-25(16-14-24)29-18-17-22(4)11-9-10-21(2)3/h13-16,19-22H,5-12,17-18H2,1-4H3. The van der Waals surface area contributed by atoms with Crippen molar-refractivity contribution < 1.29 is 4.74 Å². The molecule has 2 aromatic rings. The highest BCUT2D eigenvalue weighted by molar-refractivity contribution is 5.55. The molecule has 1 unspecified atom stereocenters. The van der Waals surface area contributed by atoms with Crippen LogP contribution in [0.25, 0.3) is 11.4 Å². The van der Waals surface area contributed by atoms with Gasteiger partial charge < -0.3 is 4.74 Å². The van der Waals surface area contributed by atoms with E-state index in [1.165, 1.54) is 50.5 Å². The van der Waals surface area contributed by atoms with Crippen molar-refractivity contribution in [3.63, 3.8) is 0 Å². The van der Waals surface area contributed by atoms with Crippen LogP contribution in [0.1, 0.15) is 84.6 Å². The lowest BCUT2D eigenvalue weighted by molar-refractivity contribution is 0.276. The van der Waals surface area contributed by atoms with Crippen LogP contribution in [0.2, 0.25) is 0 Å². The van der Waals surface area contributed by atoms with Crippen molar-refractivity contribution in [3.8, 4) is 17.1 Å². The maximum absolute atomic E-state index is 5.94. The van der Waals surface area contributed by atoms with Crippen molar-refractivity contribution in [3.05, 3.63) is 42.2 Å². The highest BCUT2D eigenvalue weighted by Crippen LogP contribution is 2.21. The average Bonchev–Trinajstić information content (AvgIpc) is 2.72. The first-order chi connectivity index (χ1) is 14.1. The molecule has 0 bridgehead atoms. The van der Waals surface area contributed by atoms with Gasteiger partial charge in [-0.25, -0.2) is 9.97 Å². The lowest BCUT2D eigenvalue weighted by Crippen LogP contribution is -2.04. The summed E-state index contributed by atoms with van der Waals surface area (Å²) in [5.41, 5.74) is 2.27. The summed E-state index contributed by atoms with van der Waals surface area (Å²) < 4.78 is 5.94. The number of rotatable bonds is 14. The first-order valence-electron chi connectivity index (χ1n) is 11.6. The van der Waals surface area contributed by atoms with Crippen LogP contribution in [0.15, 0.2) is 36.7 Å². The van der Waals surface area contributed by atoms with Crippen LogP contribution in [0.4, 0.5) is 0 Å². The average molecular weight is 397 g/mol. The summed E-state index contributed by atoms with van der Waals surface area (Å²) in [6.45, 7) is 9.95. The van der Waals surface area contributed by atoms with E-state index in [9.17, 15) is 0 Å². The third-order valence-corrected chi connectivity index (χ3v) is 5.49. The van der Waals surface area contributed by atoms with Gasteiger partial charge in [-0.1, -0.05) is 66.2 Å². The van der Waals surface area contributed by atoms with Gasteiger partial charge >= 0.3 is 0 Å². The zero-order valence-corrected chi connectivity index (χ0v) is 19.0. The minimum absolute atomic E-state index is 0.724. The van der Waals surface area contributed by atoms with Gasteiger partial charge in [-0.3, -0.25) is 0 Å². The topological polar surface area (TPSA) is 35.0 Å². The molecule has 0 aliphatic carbocycles. The third kappa shape index (κ3) is 9.43. The fourth-order valence-corrected chi connectivity index (χ4v) is 3.49. The molecule has 2 rings (SSSR count). The second-order valence-corrected chi connectivity index (χ2v) is 8.82. The molecule has 1 aromatic heterocycles. The Balaban J connectivity index is 1.73. The molecule has 0 N–H and O–H groups in total. The molecule has 3 heteroatoms. The fourth-order valence-electron chi connectivity index (χ4n) is 3.49. The van der Waals surface area contributed by atoms with Crippen LogP contribution >= 0.6 is 0 Å². The normalized spacial score (nSPS) is 12.3. The molecule has 0 saturated heterocycles. The van der Waals surface area contributed by atoms with Crippen molar-refractivity contribution in [2.24, 2.45) is 11.8 Å². The Hall–Kier alpha value is -1.90. The molecule has 0 fully saturated rings. The van der Waals surface area contributed by atoms with Gasteiger partial charge in [-0.15, -0.1) is 0 Å². The van der Waals surface area contributed by atoms with Gasteiger partial charge in [-0.05, 0) is 60.9 Å². The molecule has 1 atom stereocenters. The van der Waals surface area contributed by atoms with Crippen LogP contribution in [0.5, 0.6) is 5.75 Å². The SMILES string of the molecule is CCCCCCc1cnc(-c2ccc(OCCC(C)CCCC(C)C)cc2)nc1. The van der Waals surface area contributed by atoms with Gasteiger partial charge in [0.15, 0.2) is 5.82 Å². The summed E-state index contributed by atoms with van der Waals surface area (Å²) in [5.74, 6) is 3.24. The fraction of sp³-hybridized carbons (Fsp3) is 0.615. The summed E-state index contributed by atoms with van der Waals surface area (Å²) >= 11 is 0. The van der Waals surface area contributed by atoms with Crippen molar-refractivity contribution in [2.45, 2.75) is 85.5 Å². The highest BCUT2D eigenvalue weighted by atomic mass is 16.5. The minimum atomic E-state index is 0.724. The number of nitrogens with zero attached hydrogens (tertiary/aromatic N) is 2. The van der Waals surface area contributed by atoms with Gasteiger partial charge in [0, 0.05) is 18.0 Å². The van der Waals surface area contributed by atoms with E-state index >= 15 is 0 Å². The van der Waals surface area contributed by atoms with E-state index < -0.39 is 0 Å². The summed E-state index contributed by atoms with van der Waals surface area (Å²) in [6.07, 6.45) is 15.2. The van der Waals surface area contributed by atoms with E-state index in [1.54, 1.807) is 0 Å². The van der Waals surface area contributed by atoms with Gasteiger partial charge in [0.1, 0.15) is 5.75 Å². The second-order valence-electron chi connectivity index (χ2n) is 8.82. The Labute approximate surface area is 178 Å². The number of ether oxygens (including phenoxy) is 1. The smallest absolute Gasteiger partial charge is 0.159 e. The van der Waals surface area contributed by atoms with E-state index in [2.05, 4.69) is 49.8 Å². The summed E-state index contributed by atoms with van der Waals surface area (Å²) in [5, 5.41) is 0. The van der Waals surface area contributed by atoms with Crippen LogP contribution in [0, 0.1) is 11.8 Å². The first kappa shape index (κ1) is 23.4. The molecule has 0 spiro atoms. The molecule has 1 aromatic carbocycles. The maximum atomic E-state index is 5.94. The quantitative estimate of drug-likeness (QED) is 0.310. The zero-order valence-electron chi connectivity index (χ0n) is 19.0. The molecule has 0 aliphatic heterocycles. The summed E-state index contributed by atoms with van der Waals surface area (Å²) in [7, 11) is 0. The molecule has 1 heterocycles. The molecule has 0 radical (unpaired) electrons. The first-order valence-corrected chi connectivity index (χ1v) is 11.6. The molecule has 29 heavy (non-hydrogen) atoms. The number of hydrogen-bond acceptors (Lipinski definition) is 3. The van der Waals surface area contributed by atoms with Gasteiger partial charge in [-0.2, -0.15) is 0 Å². The minimum Gasteiger partial charge on any atom is -0.494 e. The third-order valence-electron chi connectivity index (χ3n) is 5.49. The second kappa shape index (κ2) is 13.3. The van der Waals surface area contributed by atoms with Gasteiger partial charge in [0.05, 0.1) is 6.61 Å². The Morgan fingerprint density at radius 3 is 2.21 bits per heavy atom. The zero-order chi connectivity index (χ0) is 20.9. The number of benzene rings is 1. The Kier molecular flexibility index (Phi) is 10.8. The number of aromatic nitrogens is 2. The van der Waals surface area contributed by atoms with Crippen LogP contribution in [-0.2, 0) is 6.42 Å². The van der Waals surface area contributed by atoms with E-state index in [0.717, 1.165) is 48.4 Å². The monoisotopic (exact) mass is 396 g/mol. The van der Waals surface area contributed by atoms with E-state index in [-0.39, 0.29) is 0 Å². The molecule has 0 saturated carbocycles. The van der Waals surface area contributed by atoms with Gasteiger partial charge in [0.25, 0.3) is 0 Å². The van der Waals surface area contributed by atoms with Crippen molar-refractivity contribution in [2.75, 3.05) is 6.61 Å². The van der Waals surface area contributed by atoms with E-state index in [0.29, 0.717) is 0 Å². The lowest BCUT2D eigenvalue weighted by atomic mass is 9.98. The van der Waals surface area contributed by atoms with Crippen LogP contribution in [-0.4, -0.2) is 16.6 Å². The molecule has 0 amide bonds. The molecular formula is C26H40N2O. The summed E-state index contributed by atoms with van der Waals surface area (Å²) in [6, 6.07) is 8.16. The Morgan fingerprint density at radius 2 is 1.55 bits per heavy atom. The maximum Gasteiger partial charge on any atom is 0.159 e. The number of hydrogen-bond donors (Lipinski definition) is 0. The Bertz CT molecular complexity index is 664. The van der Waals surface area contributed by atoms with Crippen molar-refractivity contribution >= 4 is 0 Å². The predicted molar refractivity (Wildman–Crippen MR) is 123 cm³/mol. The van der Waals surface area contributed by atoms with Gasteiger partial charge in [0.2, 0.25) is 0 Å². The molecule has 0 aliphatic rings. The number of aryl methyl sites for hydroxylation is 1. The van der Waals surface area contributed by atoms with E-state index in [1.807, 2.05) is 24.5 Å². The van der Waals surface area contributed by atoms with E-state index in [4.69, 9.17) is 4.74 Å². The molecule has 160 valence electrons. The number of unbranched alkanes of at least 4 members (excludes halogenated alkanes) is 3. The molecule has 3 nitrogen and oxygen atoms in total. The van der Waals surface area contributed by atoms with Crippen LogP contribution < -0.4 is 4.74 Å². The van der Waals surface area contributed by atoms with Crippen molar-refractivity contribution in [1.82, 2.24) is 9.97 Å². The highest BCUT2D eigenvalue weighted by Gasteiger charge is 2.05. The lowest BCUT2D eigenvalue weighted by Gasteiger charge is -2.13.